The van der Waals surface area contributed by atoms with Crippen molar-refractivity contribution in [1.29, 1.82) is 0 Å². The Morgan fingerprint density at radius 3 is 2.89 bits per heavy atom. The minimum atomic E-state index is -0.171. The van der Waals surface area contributed by atoms with E-state index in [4.69, 9.17) is 0 Å². The Morgan fingerprint density at radius 2 is 2.11 bits per heavy atom. The van der Waals surface area contributed by atoms with Crippen molar-refractivity contribution in [2.45, 2.75) is 25.8 Å². The number of fused-ring (bicyclic) bond motifs is 1. The molecule has 1 fully saturated rings. The highest BCUT2D eigenvalue weighted by atomic mass is 35.5. The molecule has 3 heterocycles. The summed E-state index contributed by atoms with van der Waals surface area (Å²) in [5.74, 6) is -0.171. The molecule has 1 saturated heterocycles. The van der Waals surface area contributed by atoms with Crippen molar-refractivity contribution >= 4 is 41.6 Å². The van der Waals surface area contributed by atoms with E-state index in [-0.39, 0.29) is 36.8 Å². The van der Waals surface area contributed by atoms with Crippen molar-refractivity contribution in [3.63, 3.8) is 0 Å². The van der Waals surface area contributed by atoms with Crippen LogP contribution in [0.1, 0.15) is 29.0 Å². The van der Waals surface area contributed by atoms with Gasteiger partial charge in [0.25, 0.3) is 5.91 Å². The quantitative estimate of drug-likeness (QED) is 0.694. The number of halogens is 2. The molecule has 1 aromatic carbocycles. The molecular weight excluding hydrogens is 387 g/mol. The highest BCUT2D eigenvalue weighted by Crippen LogP contribution is 2.21. The lowest BCUT2D eigenvalue weighted by atomic mass is 10.1. The second-order valence-corrected chi connectivity index (χ2v) is 6.30. The number of aromatic nitrogens is 4. The molecule has 2 N–H and O–H groups in total. The second kappa shape index (κ2) is 9.12. The fraction of sp³-hybridized carbons (Fsp3) is 0.333. The van der Waals surface area contributed by atoms with Crippen molar-refractivity contribution in [1.82, 2.24) is 30.6 Å². The zero-order valence-electron chi connectivity index (χ0n) is 14.9. The van der Waals surface area contributed by atoms with Gasteiger partial charge in [0.05, 0.1) is 16.9 Å². The molecule has 0 saturated carbocycles. The number of pyridine rings is 1. The number of rotatable bonds is 3. The van der Waals surface area contributed by atoms with Gasteiger partial charge < -0.3 is 10.6 Å². The number of hydrogen-bond donors (Lipinski definition) is 2. The molecule has 7 nitrogen and oxygen atoms in total. The first-order chi connectivity index (χ1) is 12.2. The van der Waals surface area contributed by atoms with Crippen LogP contribution in [-0.2, 0) is 0 Å². The third-order valence-corrected chi connectivity index (χ3v) is 4.59. The van der Waals surface area contributed by atoms with E-state index in [2.05, 4.69) is 25.9 Å². The summed E-state index contributed by atoms with van der Waals surface area (Å²) in [5, 5.41) is 15.7. The SMILES string of the molecule is Cc1c(C(=O)NC2CCCNC2)nnn1-c1cccc2ncccc12.Cl.Cl. The van der Waals surface area contributed by atoms with Gasteiger partial charge in [-0.05, 0) is 50.6 Å². The fourth-order valence-corrected chi connectivity index (χ4v) is 3.27. The normalized spacial score (nSPS) is 16.3. The maximum atomic E-state index is 12.6. The molecule has 27 heavy (non-hydrogen) atoms. The van der Waals surface area contributed by atoms with Crippen molar-refractivity contribution in [2.75, 3.05) is 13.1 Å². The largest absolute Gasteiger partial charge is 0.347 e. The number of carbonyl (C=O) groups excluding carboxylic acids is 1. The van der Waals surface area contributed by atoms with Crippen molar-refractivity contribution in [3.8, 4) is 5.69 Å². The van der Waals surface area contributed by atoms with E-state index in [1.54, 1.807) is 10.9 Å². The fourth-order valence-electron chi connectivity index (χ4n) is 3.27. The summed E-state index contributed by atoms with van der Waals surface area (Å²) in [7, 11) is 0. The molecule has 1 aliphatic heterocycles. The van der Waals surface area contributed by atoms with E-state index in [1.165, 1.54) is 0 Å². The summed E-state index contributed by atoms with van der Waals surface area (Å²) in [6, 6.07) is 9.87. The van der Waals surface area contributed by atoms with E-state index < -0.39 is 0 Å². The van der Waals surface area contributed by atoms with Gasteiger partial charge in [-0.25, -0.2) is 4.68 Å². The molecule has 1 atom stereocenters. The molecule has 4 rings (SSSR count). The van der Waals surface area contributed by atoms with E-state index in [1.807, 2.05) is 37.3 Å². The van der Waals surface area contributed by atoms with Gasteiger partial charge in [-0.3, -0.25) is 9.78 Å². The zero-order chi connectivity index (χ0) is 17.2. The highest BCUT2D eigenvalue weighted by Gasteiger charge is 2.22. The van der Waals surface area contributed by atoms with Crippen LogP contribution in [0, 0.1) is 6.92 Å². The minimum absolute atomic E-state index is 0. The summed E-state index contributed by atoms with van der Waals surface area (Å²) >= 11 is 0. The van der Waals surface area contributed by atoms with Crippen LogP contribution in [0.5, 0.6) is 0 Å². The number of piperidine rings is 1. The van der Waals surface area contributed by atoms with Crippen LogP contribution < -0.4 is 10.6 Å². The third-order valence-electron chi connectivity index (χ3n) is 4.59. The highest BCUT2D eigenvalue weighted by molar-refractivity contribution is 5.94. The first-order valence-corrected chi connectivity index (χ1v) is 8.52. The predicted molar refractivity (Wildman–Crippen MR) is 109 cm³/mol. The second-order valence-electron chi connectivity index (χ2n) is 6.30. The van der Waals surface area contributed by atoms with Gasteiger partial charge >= 0.3 is 0 Å². The number of nitrogens with one attached hydrogen (secondary N) is 2. The lowest BCUT2D eigenvalue weighted by Crippen LogP contribution is -2.45. The first kappa shape index (κ1) is 21.1. The van der Waals surface area contributed by atoms with E-state index >= 15 is 0 Å². The van der Waals surface area contributed by atoms with Gasteiger partial charge in [-0.1, -0.05) is 11.3 Å². The van der Waals surface area contributed by atoms with Crippen LogP contribution in [0.3, 0.4) is 0 Å². The molecule has 0 spiro atoms. The molecular formula is C18H22Cl2N6O. The molecule has 3 aromatic rings. The van der Waals surface area contributed by atoms with Gasteiger partial charge in [0.15, 0.2) is 5.69 Å². The Morgan fingerprint density at radius 1 is 1.26 bits per heavy atom. The Labute approximate surface area is 169 Å². The average Bonchev–Trinajstić information content (AvgIpc) is 3.03. The predicted octanol–water partition coefficient (Wildman–Crippen LogP) is 2.45. The van der Waals surface area contributed by atoms with Gasteiger partial charge in [0.1, 0.15) is 0 Å². The van der Waals surface area contributed by atoms with Crippen LogP contribution >= 0.6 is 24.8 Å². The van der Waals surface area contributed by atoms with Gasteiger partial charge in [-0.15, -0.1) is 29.9 Å². The Kier molecular flexibility index (Phi) is 7.12. The average molecular weight is 409 g/mol. The molecule has 1 unspecified atom stereocenters. The lowest BCUT2D eigenvalue weighted by molar-refractivity contribution is 0.0925. The molecule has 9 heteroatoms. The van der Waals surface area contributed by atoms with Gasteiger partial charge in [0, 0.05) is 24.2 Å². The monoisotopic (exact) mass is 408 g/mol. The number of nitrogens with zero attached hydrogens (tertiary/aromatic N) is 4. The number of benzene rings is 1. The number of hydrogen-bond acceptors (Lipinski definition) is 5. The van der Waals surface area contributed by atoms with Crippen molar-refractivity contribution < 1.29 is 4.79 Å². The molecule has 0 bridgehead atoms. The summed E-state index contributed by atoms with van der Waals surface area (Å²) in [5.41, 5.74) is 2.84. The van der Waals surface area contributed by atoms with E-state index in [0.29, 0.717) is 5.69 Å². The van der Waals surface area contributed by atoms with Crippen LogP contribution in [0.2, 0.25) is 0 Å². The van der Waals surface area contributed by atoms with E-state index in [0.717, 1.165) is 48.2 Å². The Balaban J connectivity index is 0.00000131. The van der Waals surface area contributed by atoms with Crippen LogP contribution in [0.15, 0.2) is 36.5 Å². The van der Waals surface area contributed by atoms with Crippen LogP contribution in [0.25, 0.3) is 16.6 Å². The van der Waals surface area contributed by atoms with Gasteiger partial charge in [-0.2, -0.15) is 0 Å². The molecule has 0 radical (unpaired) electrons. The lowest BCUT2D eigenvalue weighted by Gasteiger charge is -2.23. The molecule has 0 aliphatic carbocycles. The summed E-state index contributed by atoms with van der Waals surface area (Å²) in [6.07, 6.45) is 3.82. The molecule has 1 aliphatic rings. The van der Waals surface area contributed by atoms with E-state index in [9.17, 15) is 4.79 Å². The van der Waals surface area contributed by atoms with Crippen LogP contribution in [-0.4, -0.2) is 45.0 Å². The van der Waals surface area contributed by atoms with Crippen LogP contribution in [0.4, 0.5) is 0 Å². The Hall–Kier alpha value is -2.22. The van der Waals surface area contributed by atoms with Crippen molar-refractivity contribution in [2.24, 2.45) is 0 Å². The third kappa shape index (κ3) is 4.21. The molecule has 2 aromatic heterocycles. The smallest absolute Gasteiger partial charge is 0.274 e. The number of amides is 1. The minimum Gasteiger partial charge on any atom is -0.347 e. The van der Waals surface area contributed by atoms with Gasteiger partial charge in [0.2, 0.25) is 0 Å². The summed E-state index contributed by atoms with van der Waals surface area (Å²) in [4.78, 5) is 16.9. The standard InChI is InChI=1S/C18H20N6O.2ClH/c1-12-17(18(25)21-13-5-3-9-19-11-13)22-23-24(12)16-8-2-7-15-14(16)6-4-10-20-15;;/h2,4,6-8,10,13,19H,3,5,9,11H2,1H3,(H,21,25);2*1H. The number of carbonyl (C=O) groups is 1. The van der Waals surface area contributed by atoms with Crippen molar-refractivity contribution in [3.05, 3.63) is 47.9 Å². The summed E-state index contributed by atoms with van der Waals surface area (Å²) in [6.45, 7) is 3.67. The first-order valence-electron chi connectivity index (χ1n) is 8.52. The zero-order valence-corrected chi connectivity index (χ0v) is 16.5. The topological polar surface area (TPSA) is 84.7 Å². The maximum Gasteiger partial charge on any atom is 0.274 e. The maximum absolute atomic E-state index is 12.6. The molecule has 1 amide bonds. The summed E-state index contributed by atoms with van der Waals surface area (Å²) < 4.78 is 1.71. The Bertz CT molecular complexity index is 918. The molecule has 144 valence electrons.